The van der Waals surface area contributed by atoms with Crippen molar-refractivity contribution in [3.63, 3.8) is 0 Å². The van der Waals surface area contributed by atoms with Gasteiger partial charge in [0, 0.05) is 11.3 Å². The highest BCUT2D eigenvalue weighted by atomic mass is 16.3. The van der Waals surface area contributed by atoms with Crippen molar-refractivity contribution >= 4 is 23.2 Å². The Balaban J connectivity index is 2.08. The van der Waals surface area contributed by atoms with Crippen molar-refractivity contribution in [3.05, 3.63) is 71.1 Å². The molecule has 0 heterocycles. The largest absolute Gasteiger partial charge is 0.510 e. The summed E-state index contributed by atoms with van der Waals surface area (Å²) in [6, 6.07) is 13.6. The fraction of sp³-hybridized carbons (Fsp3) is 0.238. The van der Waals surface area contributed by atoms with Gasteiger partial charge in [-0.15, -0.1) is 5.11 Å². The number of benzene rings is 2. The first-order valence-electron chi connectivity index (χ1n) is 9.02. The number of amides is 2. The molecule has 0 aliphatic heterocycles. The van der Waals surface area contributed by atoms with Crippen LogP contribution < -0.4 is 11.1 Å². The fourth-order valence-electron chi connectivity index (χ4n) is 2.41. The molecule has 146 valence electrons. The second-order valence-electron chi connectivity index (χ2n) is 6.30. The standard InChI is InChI=1S/C21H24N4O3/c1-3-4-5-15-6-10-18(11-7-15)24-25-19(14(2)26)21(28)23-17-12-8-16(9-13-17)20(22)27/h6-13,26H,3-5H2,1-2H3,(H2,22,27)(H,23,28). The molecular formula is C21H24N4O3. The smallest absolute Gasteiger partial charge is 0.279 e. The summed E-state index contributed by atoms with van der Waals surface area (Å²) in [6.45, 7) is 3.50. The summed E-state index contributed by atoms with van der Waals surface area (Å²) in [5, 5.41) is 20.3. The van der Waals surface area contributed by atoms with Crippen LogP contribution in [-0.2, 0) is 11.2 Å². The third kappa shape index (κ3) is 6.05. The number of aryl methyl sites for hydroxylation is 1. The second-order valence-corrected chi connectivity index (χ2v) is 6.30. The van der Waals surface area contributed by atoms with E-state index >= 15 is 0 Å². The van der Waals surface area contributed by atoms with Gasteiger partial charge in [0.25, 0.3) is 5.91 Å². The van der Waals surface area contributed by atoms with Crippen molar-refractivity contribution in [2.24, 2.45) is 16.0 Å². The number of anilines is 1. The number of hydrogen-bond acceptors (Lipinski definition) is 5. The van der Waals surface area contributed by atoms with Crippen molar-refractivity contribution in [3.8, 4) is 0 Å². The maximum absolute atomic E-state index is 12.4. The van der Waals surface area contributed by atoms with E-state index in [-0.39, 0.29) is 11.5 Å². The molecule has 2 aromatic rings. The summed E-state index contributed by atoms with van der Waals surface area (Å²) in [5.41, 5.74) is 7.55. The molecule has 0 saturated carbocycles. The summed E-state index contributed by atoms with van der Waals surface area (Å²) in [5.74, 6) is -1.43. The molecule has 0 radical (unpaired) electrons. The molecule has 7 heteroatoms. The number of azo groups is 1. The van der Waals surface area contributed by atoms with E-state index in [1.807, 2.05) is 24.3 Å². The fourth-order valence-corrected chi connectivity index (χ4v) is 2.41. The lowest BCUT2D eigenvalue weighted by molar-refractivity contribution is -0.113. The quantitative estimate of drug-likeness (QED) is 0.352. The van der Waals surface area contributed by atoms with Gasteiger partial charge < -0.3 is 16.2 Å². The van der Waals surface area contributed by atoms with E-state index in [9.17, 15) is 14.7 Å². The Labute approximate surface area is 164 Å². The van der Waals surface area contributed by atoms with Crippen LogP contribution in [0.25, 0.3) is 0 Å². The van der Waals surface area contributed by atoms with Crippen LogP contribution in [0.1, 0.15) is 42.6 Å². The zero-order chi connectivity index (χ0) is 20.5. The van der Waals surface area contributed by atoms with Gasteiger partial charge >= 0.3 is 0 Å². The summed E-state index contributed by atoms with van der Waals surface area (Å²) >= 11 is 0. The van der Waals surface area contributed by atoms with Gasteiger partial charge in [-0.2, -0.15) is 5.11 Å². The Kier molecular flexibility index (Phi) is 7.45. The van der Waals surface area contributed by atoms with Crippen LogP contribution >= 0.6 is 0 Å². The number of nitrogens with two attached hydrogens (primary N) is 1. The van der Waals surface area contributed by atoms with Gasteiger partial charge in [-0.25, -0.2) is 0 Å². The highest BCUT2D eigenvalue weighted by Crippen LogP contribution is 2.18. The number of nitrogens with one attached hydrogen (secondary N) is 1. The highest BCUT2D eigenvalue weighted by Gasteiger charge is 2.13. The van der Waals surface area contributed by atoms with E-state index in [1.54, 1.807) is 0 Å². The van der Waals surface area contributed by atoms with Crippen LogP contribution in [0, 0.1) is 0 Å². The molecule has 0 aliphatic carbocycles. The van der Waals surface area contributed by atoms with E-state index in [0.717, 1.165) is 19.3 Å². The number of aliphatic hydroxyl groups excluding tert-OH is 1. The van der Waals surface area contributed by atoms with Crippen molar-refractivity contribution in [1.29, 1.82) is 0 Å². The normalized spacial score (nSPS) is 11.9. The number of hydrogen-bond donors (Lipinski definition) is 3. The molecule has 2 aromatic carbocycles. The molecule has 0 saturated heterocycles. The first-order valence-corrected chi connectivity index (χ1v) is 9.02. The minimum Gasteiger partial charge on any atom is -0.510 e. The molecule has 0 unspecified atom stereocenters. The lowest BCUT2D eigenvalue weighted by Crippen LogP contribution is -2.15. The Bertz CT molecular complexity index is 881. The van der Waals surface area contributed by atoms with Crippen molar-refractivity contribution in [1.82, 2.24) is 0 Å². The summed E-state index contributed by atoms with van der Waals surface area (Å²) in [4.78, 5) is 23.5. The topological polar surface area (TPSA) is 117 Å². The Morgan fingerprint density at radius 3 is 2.25 bits per heavy atom. The maximum Gasteiger partial charge on any atom is 0.279 e. The van der Waals surface area contributed by atoms with E-state index in [4.69, 9.17) is 5.73 Å². The molecule has 0 aliphatic rings. The molecule has 28 heavy (non-hydrogen) atoms. The number of carbonyl (C=O) groups is 2. The number of allylic oxidation sites excluding steroid dienone is 1. The first-order chi connectivity index (χ1) is 13.4. The average Bonchev–Trinajstić information content (AvgIpc) is 2.67. The highest BCUT2D eigenvalue weighted by molar-refractivity contribution is 6.04. The van der Waals surface area contributed by atoms with Gasteiger partial charge in [0.05, 0.1) is 5.69 Å². The van der Waals surface area contributed by atoms with E-state index in [2.05, 4.69) is 22.5 Å². The third-order valence-corrected chi connectivity index (χ3v) is 4.01. The molecule has 2 amide bonds. The van der Waals surface area contributed by atoms with E-state index in [0.29, 0.717) is 16.9 Å². The third-order valence-electron chi connectivity index (χ3n) is 4.01. The average molecular weight is 380 g/mol. The monoisotopic (exact) mass is 380 g/mol. The lowest BCUT2D eigenvalue weighted by atomic mass is 10.1. The van der Waals surface area contributed by atoms with Gasteiger partial charge in [-0.05, 0) is 61.7 Å². The zero-order valence-corrected chi connectivity index (χ0v) is 16.0. The Morgan fingerprint density at radius 1 is 1.07 bits per heavy atom. The molecular weight excluding hydrogens is 356 g/mol. The number of unbranched alkanes of at least 4 members (excludes halogenated alkanes) is 1. The van der Waals surface area contributed by atoms with Gasteiger partial charge in [0.2, 0.25) is 5.91 Å². The first kappa shape index (κ1) is 20.8. The second kappa shape index (κ2) is 10.0. The minimum absolute atomic E-state index is 0.200. The van der Waals surface area contributed by atoms with Crippen LogP contribution in [0.2, 0.25) is 0 Å². The van der Waals surface area contributed by atoms with E-state index in [1.165, 1.54) is 36.8 Å². The van der Waals surface area contributed by atoms with Gasteiger partial charge in [-0.3, -0.25) is 9.59 Å². The number of carbonyl (C=O) groups excluding carboxylic acids is 2. The van der Waals surface area contributed by atoms with Crippen LogP contribution in [0.4, 0.5) is 11.4 Å². The van der Waals surface area contributed by atoms with Crippen LogP contribution in [0.5, 0.6) is 0 Å². The molecule has 4 N–H and O–H groups in total. The minimum atomic E-state index is -0.616. The SMILES string of the molecule is CCCCc1ccc(N=NC(C(=O)Nc2ccc(C(N)=O)cc2)=C(C)O)cc1. The Hall–Kier alpha value is -3.48. The van der Waals surface area contributed by atoms with Crippen molar-refractivity contribution in [2.45, 2.75) is 33.1 Å². The summed E-state index contributed by atoms with van der Waals surface area (Å²) in [7, 11) is 0. The lowest BCUT2D eigenvalue weighted by Gasteiger charge is -2.06. The molecule has 2 rings (SSSR count). The van der Waals surface area contributed by atoms with Crippen LogP contribution in [0.3, 0.4) is 0 Å². The maximum atomic E-state index is 12.4. The predicted molar refractivity (Wildman–Crippen MR) is 108 cm³/mol. The van der Waals surface area contributed by atoms with Gasteiger partial charge in [0.1, 0.15) is 5.76 Å². The van der Waals surface area contributed by atoms with Crippen molar-refractivity contribution < 1.29 is 14.7 Å². The van der Waals surface area contributed by atoms with Gasteiger partial charge in [0.15, 0.2) is 5.70 Å². The molecule has 0 aromatic heterocycles. The number of nitrogens with zero attached hydrogens (tertiary/aromatic N) is 2. The van der Waals surface area contributed by atoms with Crippen LogP contribution in [-0.4, -0.2) is 16.9 Å². The Morgan fingerprint density at radius 2 is 1.71 bits per heavy atom. The van der Waals surface area contributed by atoms with Crippen molar-refractivity contribution in [2.75, 3.05) is 5.32 Å². The number of aliphatic hydroxyl groups is 1. The molecule has 0 spiro atoms. The van der Waals surface area contributed by atoms with Crippen LogP contribution in [0.15, 0.2) is 70.2 Å². The molecule has 0 fully saturated rings. The summed E-state index contributed by atoms with van der Waals surface area (Å²) in [6.07, 6.45) is 3.26. The molecule has 0 bridgehead atoms. The summed E-state index contributed by atoms with van der Waals surface area (Å²) < 4.78 is 0. The molecule has 7 nitrogen and oxygen atoms in total. The van der Waals surface area contributed by atoms with E-state index < -0.39 is 11.8 Å². The zero-order valence-electron chi connectivity index (χ0n) is 16.0. The predicted octanol–water partition coefficient (Wildman–Crippen LogP) is 4.64. The number of primary amides is 1. The van der Waals surface area contributed by atoms with Gasteiger partial charge in [-0.1, -0.05) is 25.5 Å². The number of rotatable bonds is 8. The molecule has 0 atom stereocenters.